The van der Waals surface area contributed by atoms with Gasteiger partial charge in [-0.05, 0) is 56.5 Å². The molecule has 2 aliphatic heterocycles. The number of nitrogens with zero attached hydrogens (tertiary/aromatic N) is 2. The molecule has 34 heavy (non-hydrogen) atoms. The summed E-state index contributed by atoms with van der Waals surface area (Å²) in [6.45, 7) is 6.90. The quantitative estimate of drug-likeness (QED) is 0.359. The second-order valence-corrected chi connectivity index (χ2v) is 8.55. The molecule has 2 fully saturated rings. The Morgan fingerprint density at radius 2 is 1.82 bits per heavy atom. The van der Waals surface area contributed by atoms with E-state index in [4.69, 9.17) is 9.47 Å². The zero-order chi connectivity index (χ0) is 24.2. The minimum Gasteiger partial charge on any atom is -0.507 e. The Balaban J connectivity index is 1.82. The molecule has 2 heterocycles. The van der Waals surface area contributed by atoms with E-state index in [0.29, 0.717) is 24.5 Å². The van der Waals surface area contributed by atoms with Crippen LogP contribution in [0.15, 0.2) is 54.1 Å². The number of Topliss-reactive ketones (excluding diaryl/α,β-unsaturated/α-hetero) is 1. The predicted molar refractivity (Wildman–Crippen MR) is 131 cm³/mol. The number of anilines is 1. The molecule has 0 aliphatic carbocycles. The van der Waals surface area contributed by atoms with Gasteiger partial charge in [-0.3, -0.25) is 9.59 Å². The molecule has 2 aliphatic rings. The van der Waals surface area contributed by atoms with Gasteiger partial charge in [0.05, 0.1) is 30.4 Å². The summed E-state index contributed by atoms with van der Waals surface area (Å²) in [6.07, 6.45) is 1.64. The number of carbonyl (C=O) groups is 2. The molecule has 0 spiro atoms. The number of rotatable bonds is 8. The second-order valence-electron chi connectivity index (χ2n) is 8.55. The molecule has 2 unspecified atom stereocenters. The van der Waals surface area contributed by atoms with Gasteiger partial charge in [-0.25, -0.2) is 0 Å². The SMILES string of the molecule is CCN(CC)c1ccc(C2/C(=C(/O)c3ccccc3OC)C(=O)C(=O)N2CC2CCCO2)cc1. The van der Waals surface area contributed by atoms with Crippen LogP contribution in [0, 0.1) is 0 Å². The van der Waals surface area contributed by atoms with Crippen LogP contribution in [0.4, 0.5) is 5.69 Å². The molecule has 2 aromatic rings. The molecule has 2 atom stereocenters. The Kier molecular flexibility index (Phi) is 7.22. The monoisotopic (exact) mass is 464 g/mol. The van der Waals surface area contributed by atoms with Crippen molar-refractivity contribution in [3.05, 3.63) is 65.2 Å². The average Bonchev–Trinajstić information content (AvgIpc) is 3.47. The summed E-state index contributed by atoms with van der Waals surface area (Å²) in [7, 11) is 1.51. The standard InChI is InChI=1S/C27H32N2O5/c1-4-28(5-2)19-14-12-18(13-15-19)24-23(25(30)21-10-6-7-11-22(21)33-3)26(31)27(32)29(24)17-20-9-8-16-34-20/h6-7,10-15,20,24,30H,4-5,8-9,16-17H2,1-3H3/b25-23-. The van der Waals surface area contributed by atoms with Crippen LogP contribution in [0.5, 0.6) is 5.75 Å². The van der Waals surface area contributed by atoms with Gasteiger partial charge in [0, 0.05) is 31.9 Å². The highest BCUT2D eigenvalue weighted by Crippen LogP contribution is 2.41. The first-order valence-corrected chi connectivity index (χ1v) is 11.9. The first-order valence-electron chi connectivity index (χ1n) is 11.9. The lowest BCUT2D eigenvalue weighted by Crippen LogP contribution is -2.36. The number of benzene rings is 2. The van der Waals surface area contributed by atoms with Crippen molar-refractivity contribution in [2.75, 3.05) is 38.3 Å². The molecule has 0 radical (unpaired) electrons. The van der Waals surface area contributed by atoms with E-state index >= 15 is 0 Å². The van der Waals surface area contributed by atoms with Gasteiger partial charge in [0.15, 0.2) is 0 Å². The number of carbonyl (C=O) groups excluding carboxylic acids is 2. The number of hydrogen-bond acceptors (Lipinski definition) is 6. The number of amides is 1. The van der Waals surface area contributed by atoms with Gasteiger partial charge in [-0.1, -0.05) is 24.3 Å². The Morgan fingerprint density at radius 1 is 1.12 bits per heavy atom. The lowest BCUT2D eigenvalue weighted by atomic mass is 9.94. The maximum atomic E-state index is 13.3. The molecular weight excluding hydrogens is 432 g/mol. The third-order valence-corrected chi connectivity index (χ3v) is 6.66. The number of aliphatic hydroxyl groups excluding tert-OH is 1. The summed E-state index contributed by atoms with van der Waals surface area (Å²) in [5.41, 5.74) is 2.28. The highest BCUT2D eigenvalue weighted by molar-refractivity contribution is 6.46. The van der Waals surface area contributed by atoms with Gasteiger partial charge >= 0.3 is 0 Å². The summed E-state index contributed by atoms with van der Waals surface area (Å²) in [4.78, 5) is 30.2. The number of methoxy groups -OCH3 is 1. The van der Waals surface area contributed by atoms with E-state index < -0.39 is 17.7 Å². The molecule has 4 rings (SSSR count). The number of likely N-dealkylation sites (tertiary alicyclic amines) is 1. The average molecular weight is 465 g/mol. The zero-order valence-electron chi connectivity index (χ0n) is 20.0. The molecule has 0 bridgehead atoms. The van der Waals surface area contributed by atoms with E-state index in [-0.39, 0.29) is 17.4 Å². The predicted octanol–water partition coefficient (Wildman–Crippen LogP) is 4.14. The molecule has 7 heteroatoms. The largest absolute Gasteiger partial charge is 0.507 e. The van der Waals surface area contributed by atoms with Crippen molar-refractivity contribution >= 4 is 23.1 Å². The smallest absolute Gasteiger partial charge is 0.295 e. The number of hydrogen-bond donors (Lipinski definition) is 1. The summed E-state index contributed by atoms with van der Waals surface area (Å²) in [5, 5.41) is 11.3. The van der Waals surface area contributed by atoms with Crippen molar-refractivity contribution in [1.82, 2.24) is 4.90 Å². The van der Waals surface area contributed by atoms with Gasteiger partial charge in [-0.15, -0.1) is 0 Å². The summed E-state index contributed by atoms with van der Waals surface area (Å²) < 4.78 is 11.2. The van der Waals surface area contributed by atoms with Crippen molar-refractivity contribution in [2.24, 2.45) is 0 Å². The Hall–Kier alpha value is -3.32. The van der Waals surface area contributed by atoms with Gasteiger partial charge in [0.1, 0.15) is 11.5 Å². The zero-order valence-corrected chi connectivity index (χ0v) is 20.0. The topological polar surface area (TPSA) is 79.3 Å². The minimum absolute atomic E-state index is 0.0723. The number of para-hydroxylation sites is 1. The van der Waals surface area contributed by atoms with Crippen LogP contribution in [-0.2, 0) is 14.3 Å². The fourth-order valence-electron chi connectivity index (χ4n) is 4.86. The van der Waals surface area contributed by atoms with E-state index in [2.05, 4.69) is 18.7 Å². The maximum absolute atomic E-state index is 13.3. The van der Waals surface area contributed by atoms with Crippen molar-refractivity contribution < 1.29 is 24.2 Å². The molecule has 180 valence electrons. The van der Waals surface area contributed by atoms with Crippen molar-refractivity contribution in [2.45, 2.75) is 38.8 Å². The number of ether oxygens (including phenoxy) is 2. The summed E-state index contributed by atoms with van der Waals surface area (Å²) in [6, 6.07) is 14.1. The lowest BCUT2D eigenvalue weighted by molar-refractivity contribution is -0.140. The number of ketones is 1. The molecule has 2 saturated heterocycles. The van der Waals surface area contributed by atoms with Crippen LogP contribution in [0.25, 0.3) is 5.76 Å². The normalized spacial score (nSPS) is 21.8. The van der Waals surface area contributed by atoms with E-state index in [1.165, 1.54) is 7.11 Å². The Bertz CT molecular complexity index is 1070. The van der Waals surface area contributed by atoms with Crippen molar-refractivity contribution in [1.29, 1.82) is 0 Å². The lowest BCUT2D eigenvalue weighted by Gasteiger charge is -2.28. The molecule has 0 aromatic heterocycles. The van der Waals surface area contributed by atoms with E-state index in [9.17, 15) is 14.7 Å². The van der Waals surface area contributed by atoms with Gasteiger partial charge in [-0.2, -0.15) is 0 Å². The molecule has 1 amide bonds. The van der Waals surface area contributed by atoms with Crippen molar-refractivity contribution in [3.8, 4) is 5.75 Å². The van der Waals surface area contributed by atoms with Crippen LogP contribution < -0.4 is 9.64 Å². The van der Waals surface area contributed by atoms with Gasteiger partial charge in [0.2, 0.25) is 0 Å². The fraction of sp³-hybridized carbons (Fsp3) is 0.407. The van der Waals surface area contributed by atoms with Crippen molar-refractivity contribution in [3.63, 3.8) is 0 Å². The molecule has 7 nitrogen and oxygen atoms in total. The van der Waals surface area contributed by atoms with E-state index in [1.807, 2.05) is 24.3 Å². The third-order valence-electron chi connectivity index (χ3n) is 6.66. The minimum atomic E-state index is -0.708. The van der Waals surface area contributed by atoms with Crippen LogP contribution in [0.3, 0.4) is 0 Å². The third kappa shape index (κ3) is 4.40. The molecule has 2 aromatic carbocycles. The maximum Gasteiger partial charge on any atom is 0.295 e. The first kappa shape index (κ1) is 23.8. The van der Waals surface area contributed by atoms with Gasteiger partial charge < -0.3 is 24.4 Å². The highest BCUT2D eigenvalue weighted by Gasteiger charge is 2.47. The number of aliphatic hydroxyl groups is 1. The summed E-state index contributed by atoms with van der Waals surface area (Å²) in [5.74, 6) is -1.12. The first-order chi connectivity index (χ1) is 16.5. The molecular formula is C27H32N2O5. The summed E-state index contributed by atoms with van der Waals surface area (Å²) >= 11 is 0. The molecule has 1 N–H and O–H groups in total. The Morgan fingerprint density at radius 3 is 2.44 bits per heavy atom. The van der Waals surface area contributed by atoms with Crippen LogP contribution >= 0.6 is 0 Å². The van der Waals surface area contributed by atoms with E-state index in [0.717, 1.165) is 37.2 Å². The van der Waals surface area contributed by atoms with Gasteiger partial charge in [0.25, 0.3) is 11.7 Å². The van der Waals surface area contributed by atoms with Crippen LogP contribution in [0.1, 0.15) is 43.9 Å². The Labute approximate surface area is 200 Å². The van der Waals surface area contributed by atoms with E-state index in [1.54, 1.807) is 29.2 Å². The van der Waals surface area contributed by atoms with Crippen LogP contribution in [-0.4, -0.2) is 61.2 Å². The second kappa shape index (κ2) is 10.3. The fourth-order valence-corrected chi connectivity index (χ4v) is 4.86. The van der Waals surface area contributed by atoms with Crippen LogP contribution in [0.2, 0.25) is 0 Å². The highest BCUT2D eigenvalue weighted by atomic mass is 16.5. The molecule has 0 saturated carbocycles.